The molecule has 2 amide bonds. The summed E-state index contributed by atoms with van der Waals surface area (Å²) >= 11 is 1.60. The molecule has 0 aliphatic carbocycles. The van der Waals surface area contributed by atoms with Crippen molar-refractivity contribution in [2.75, 3.05) is 30.4 Å². The first-order valence-corrected chi connectivity index (χ1v) is 9.55. The van der Waals surface area contributed by atoms with Gasteiger partial charge in [-0.2, -0.15) is 0 Å². The van der Waals surface area contributed by atoms with Gasteiger partial charge >= 0.3 is 6.03 Å². The smallest absolute Gasteiger partial charge is 0.321 e. The van der Waals surface area contributed by atoms with E-state index in [0.717, 1.165) is 4.88 Å². The van der Waals surface area contributed by atoms with Gasteiger partial charge in [0.25, 0.3) is 0 Å². The maximum atomic E-state index is 14.6. The SMILES string of the molecule is CC1CN(c2ccc(NC(=O)N(C)Cc3cccs3)cc2F)CC(C)O1. The molecule has 2 unspecified atom stereocenters. The van der Waals surface area contributed by atoms with E-state index in [9.17, 15) is 9.18 Å². The van der Waals surface area contributed by atoms with Crippen molar-refractivity contribution in [3.05, 3.63) is 46.4 Å². The van der Waals surface area contributed by atoms with Crippen molar-refractivity contribution in [2.24, 2.45) is 0 Å². The van der Waals surface area contributed by atoms with E-state index in [4.69, 9.17) is 4.74 Å². The van der Waals surface area contributed by atoms with Gasteiger partial charge < -0.3 is 19.9 Å². The Kier molecular flexibility index (Phi) is 5.78. The van der Waals surface area contributed by atoms with Gasteiger partial charge in [0.05, 0.1) is 24.4 Å². The summed E-state index contributed by atoms with van der Waals surface area (Å²) in [5, 5.41) is 4.73. The third-order valence-corrected chi connectivity index (χ3v) is 5.14. The fourth-order valence-corrected chi connectivity index (χ4v) is 3.90. The minimum atomic E-state index is -0.343. The number of morpholine rings is 1. The first kappa shape index (κ1) is 18.7. The van der Waals surface area contributed by atoms with E-state index in [2.05, 4.69) is 5.32 Å². The van der Waals surface area contributed by atoms with Gasteiger partial charge in [-0.3, -0.25) is 0 Å². The quantitative estimate of drug-likeness (QED) is 0.870. The zero-order chi connectivity index (χ0) is 18.7. The van der Waals surface area contributed by atoms with Crippen LogP contribution in [0.1, 0.15) is 18.7 Å². The highest BCUT2D eigenvalue weighted by molar-refractivity contribution is 7.09. The van der Waals surface area contributed by atoms with Crippen molar-refractivity contribution in [2.45, 2.75) is 32.6 Å². The Labute approximate surface area is 157 Å². The van der Waals surface area contributed by atoms with Crippen molar-refractivity contribution in [1.29, 1.82) is 0 Å². The van der Waals surface area contributed by atoms with Crippen LogP contribution in [0.3, 0.4) is 0 Å². The van der Waals surface area contributed by atoms with Crippen LogP contribution in [0.5, 0.6) is 0 Å². The van der Waals surface area contributed by atoms with Crippen LogP contribution in [-0.2, 0) is 11.3 Å². The van der Waals surface area contributed by atoms with E-state index in [1.807, 2.05) is 36.3 Å². The Bertz CT molecular complexity index is 743. The first-order chi connectivity index (χ1) is 12.4. The van der Waals surface area contributed by atoms with Crippen LogP contribution in [-0.4, -0.2) is 43.3 Å². The number of hydrogen-bond acceptors (Lipinski definition) is 4. The van der Waals surface area contributed by atoms with Gasteiger partial charge in [0.2, 0.25) is 0 Å². The maximum Gasteiger partial charge on any atom is 0.321 e. The summed E-state index contributed by atoms with van der Waals surface area (Å²) in [5.74, 6) is -0.343. The summed E-state index contributed by atoms with van der Waals surface area (Å²) in [6.07, 6.45) is 0.117. The Morgan fingerprint density at radius 2 is 2.08 bits per heavy atom. The molecular formula is C19H24FN3O2S. The van der Waals surface area contributed by atoms with Crippen LogP contribution in [0.25, 0.3) is 0 Å². The highest BCUT2D eigenvalue weighted by Gasteiger charge is 2.24. The minimum Gasteiger partial charge on any atom is -0.372 e. The Hall–Kier alpha value is -2.12. The van der Waals surface area contributed by atoms with E-state index in [0.29, 0.717) is 31.0 Å². The molecule has 140 valence electrons. The summed E-state index contributed by atoms with van der Waals surface area (Å²) in [6, 6.07) is 8.49. The summed E-state index contributed by atoms with van der Waals surface area (Å²) < 4.78 is 20.3. The Balaban J connectivity index is 1.64. The zero-order valence-electron chi connectivity index (χ0n) is 15.2. The fraction of sp³-hybridized carbons (Fsp3) is 0.421. The van der Waals surface area contributed by atoms with Crippen molar-refractivity contribution in [3.8, 4) is 0 Å². The predicted molar refractivity (Wildman–Crippen MR) is 103 cm³/mol. The molecule has 0 spiro atoms. The van der Waals surface area contributed by atoms with Gasteiger partial charge in [0.1, 0.15) is 5.82 Å². The van der Waals surface area contributed by atoms with Gasteiger partial charge in [-0.05, 0) is 43.5 Å². The van der Waals surface area contributed by atoms with Crippen molar-refractivity contribution in [3.63, 3.8) is 0 Å². The van der Waals surface area contributed by atoms with E-state index < -0.39 is 0 Å². The van der Waals surface area contributed by atoms with Gasteiger partial charge in [0, 0.05) is 30.7 Å². The third-order valence-electron chi connectivity index (χ3n) is 4.28. The summed E-state index contributed by atoms with van der Waals surface area (Å²) in [5.41, 5.74) is 0.987. The number of anilines is 2. The molecule has 2 aromatic rings. The number of benzene rings is 1. The number of carbonyl (C=O) groups excluding carboxylic acids is 1. The molecular weight excluding hydrogens is 353 g/mol. The Morgan fingerprint density at radius 3 is 2.69 bits per heavy atom. The number of urea groups is 1. The lowest BCUT2D eigenvalue weighted by Crippen LogP contribution is -2.45. The van der Waals surface area contributed by atoms with Gasteiger partial charge in [-0.25, -0.2) is 9.18 Å². The molecule has 1 saturated heterocycles. The van der Waals surface area contributed by atoms with Crippen LogP contribution in [0.15, 0.2) is 35.7 Å². The third kappa shape index (κ3) is 4.53. The first-order valence-electron chi connectivity index (χ1n) is 8.67. The zero-order valence-corrected chi connectivity index (χ0v) is 16.1. The molecule has 5 nitrogen and oxygen atoms in total. The van der Waals surface area contributed by atoms with E-state index >= 15 is 0 Å². The highest BCUT2D eigenvalue weighted by atomic mass is 32.1. The summed E-state index contributed by atoms with van der Waals surface area (Å²) in [7, 11) is 1.72. The molecule has 3 rings (SSSR count). The molecule has 7 heteroatoms. The Morgan fingerprint density at radius 1 is 1.35 bits per heavy atom. The molecule has 2 heterocycles. The van der Waals surface area contributed by atoms with Crippen molar-refractivity contribution >= 4 is 28.7 Å². The second-order valence-electron chi connectivity index (χ2n) is 6.69. The average molecular weight is 377 g/mol. The number of ether oxygens (including phenoxy) is 1. The molecule has 0 bridgehead atoms. The molecule has 26 heavy (non-hydrogen) atoms. The lowest BCUT2D eigenvalue weighted by atomic mass is 10.2. The van der Waals surface area contributed by atoms with Crippen LogP contribution >= 0.6 is 11.3 Å². The second kappa shape index (κ2) is 8.05. The molecule has 1 aromatic heterocycles. The molecule has 1 aromatic carbocycles. The van der Waals surface area contributed by atoms with Crippen LogP contribution in [0, 0.1) is 5.82 Å². The molecule has 0 radical (unpaired) electrons. The van der Waals surface area contributed by atoms with E-state index in [1.54, 1.807) is 35.4 Å². The van der Waals surface area contributed by atoms with Crippen LogP contribution < -0.4 is 10.2 Å². The monoisotopic (exact) mass is 377 g/mol. The van der Waals surface area contributed by atoms with Gasteiger partial charge in [-0.15, -0.1) is 11.3 Å². The largest absolute Gasteiger partial charge is 0.372 e. The molecule has 2 atom stereocenters. The van der Waals surface area contributed by atoms with Crippen LogP contribution in [0.2, 0.25) is 0 Å². The van der Waals surface area contributed by atoms with Crippen molar-refractivity contribution < 1.29 is 13.9 Å². The summed E-state index contributed by atoms with van der Waals surface area (Å²) in [6.45, 7) is 5.79. The average Bonchev–Trinajstić information content (AvgIpc) is 3.07. The number of amides is 2. The topological polar surface area (TPSA) is 44.8 Å². The number of nitrogens with one attached hydrogen (secondary N) is 1. The minimum absolute atomic E-state index is 0.0587. The van der Waals surface area contributed by atoms with Gasteiger partial charge in [0.15, 0.2) is 0 Å². The molecule has 1 aliphatic heterocycles. The maximum absolute atomic E-state index is 14.6. The lowest BCUT2D eigenvalue weighted by Gasteiger charge is -2.37. The molecule has 1 aliphatic rings. The standard InChI is InChI=1S/C19H24FN3O2S/c1-13-10-23(11-14(2)25-13)18-7-6-15(9-17(18)20)21-19(24)22(3)12-16-5-4-8-26-16/h4-9,13-14H,10-12H2,1-3H3,(H,21,24). The normalized spacial score (nSPS) is 20.1. The second-order valence-corrected chi connectivity index (χ2v) is 7.73. The van der Waals surface area contributed by atoms with E-state index in [1.165, 1.54) is 6.07 Å². The number of nitrogens with zero attached hydrogens (tertiary/aromatic N) is 2. The summed E-state index contributed by atoms with van der Waals surface area (Å²) in [4.78, 5) is 17.0. The molecule has 1 N–H and O–H groups in total. The van der Waals surface area contributed by atoms with E-state index in [-0.39, 0.29) is 24.1 Å². The number of carbonyl (C=O) groups is 1. The van der Waals surface area contributed by atoms with Gasteiger partial charge in [-0.1, -0.05) is 6.07 Å². The lowest BCUT2D eigenvalue weighted by molar-refractivity contribution is -0.00539. The fourth-order valence-electron chi connectivity index (χ4n) is 3.14. The molecule has 0 saturated carbocycles. The van der Waals surface area contributed by atoms with Crippen molar-refractivity contribution in [1.82, 2.24) is 4.90 Å². The number of rotatable bonds is 4. The number of thiophene rings is 1. The van der Waals surface area contributed by atoms with Crippen LogP contribution in [0.4, 0.5) is 20.6 Å². The number of hydrogen-bond donors (Lipinski definition) is 1. The number of halogens is 1. The predicted octanol–water partition coefficient (Wildman–Crippen LogP) is 4.16. The molecule has 1 fully saturated rings. The highest BCUT2D eigenvalue weighted by Crippen LogP contribution is 2.26.